The van der Waals surface area contributed by atoms with Gasteiger partial charge in [-0.15, -0.1) is 0 Å². The normalized spacial score (nSPS) is 28.5. The van der Waals surface area contributed by atoms with Crippen LogP contribution < -0.4 is 5.73 Å². The SMILES string of the molecule is CCO[C@@H]1CN(CCN)C[C@H]1OCC. The smallest absolute Gasteiger partial charge is 0.0975 e. The van der Waals surface area contributed by atoms with E-state index in [4.69, 9.17) is 15.2 Å². The topological polar surface area (TPSA) is 47.7 Å². The summed E-state index contributed by atoms with van der Waals surface area (Å²) >= 11 is 0. The van der Waals surface area contributed by atoms with Gasteiger partial charge in [0.25, 0.3) is 0 Å². The number of hydrogen-bond acceptors (Lipinski definition) is 4. The maximum absolute atomic E-state index is 5.64. The van der Waals surface area contributed by atoms with Gasteiger partial charge in [0, 0.05) is 39.4 Å². The molecule has 0 bridgehead atoms. The van der Waals surface area contributed by atoms with Gasteiger partial charge >= 0.3 is 0 Å². The molecule has 1 saturated heterocycles. The lowest BCUT2D eigenvalue weighted by molar-refractivity contribution is -0.0388. The van der Waals surface area contributed by atoms with Crippen molar-refractivity contribution >= 4 is 0 Å². The van der Waals surface area contributed by atoms with Crippen molar-refractivity contribution in [3.8, 4) is 0 Å². The van der Waals surface area contributed by atoms with Crippen LogP contribution in [0.5, 0.6) is 0 Å². The largest absolute Gasteiger partial charge is 0.374 e. The molecule has 2 atom stereocenters. The number of nitrogens with two attached hydrogens (primary N) is 1. The summed E-state index contributed by atoms with van der Waals surface area (Å²) in [4.78, 5) is 2.31. The molecule has 1 aliphatic heterocycles. The van der Waals surface area contributed by atoms with Crippen LogP contribution >= 0.6 is 0 Å². The van der Waals surface area contributed by atoms with Crippen molar-refractivity contribution in [2.45, 2.75) is 26.1 Å². The molecule has 1 aliphatic rings. The molecule has 0 unspecified atom stereocenters. The van der Waals surface area contributed by atoms with Crippen molar-refractivity contribution in [1.29, 1.82) is 0 Å². The van der Waals surface area contributed by atoms with Crippen LogP contribution in [0.1, 0.15) is 13.8 Å². The summed E-state index contributed by atoms with van der Waals surface area (Å²) in [6, 6.07) is 0. The Hall–Kier alpha value is -0.160. The lowest BCUT2D eigenvalue weighted by Gasteiger charge is -2.17. The molecule has 0 spiro atoms. The molecule has 0 aliphatic carbocycles. The second kappa shape index (κ2) is 6.35. The predicted molar refractivity (Wildman–Crippen MR) is 56.3 cm³/mol. The molecule has 0 radical (unpaired) electrons. The van der Waals surface area contributed by atoms with Crippen molar-refractivity contribution in [3.05, 3.63) is 0 Å². The van der Waals surface area contributed by atoms with Gasteiger partial charge in [0.15, 0.2) is 0 Å². The van der Waals surface area contributed by atoms with Crippen LogP contribution in [0.15, 0.2) is 0 Å². The van der Waals surface area contributed by atoms with Crippen LogP contribution in [0.2, 0.25) is 0 Å². The molecule has 1 fully saturated rings. The van der Waals surface area contributed by atoms with E-state index in [1.54, 1.807) is 0 Å². The zero-order valence-corrected chi connectivity index (χ0v) is 9.24. The summed E-state index contributed by atoms with van der Waals surface area (Å²) in [5.41, 5.74) is 5.52. The molecule has 0 aromatic rings. The highest BCUT2D eigenvalue weighted by Crippen LogP contribution is 2.16. The highest BCUT2D eigenvalue weighted by molar-refractivity contribution is 4.86. The summed E-state index contributed by atoms with van der Waals surface area (Å²) in [5.74, 6) is 0. The third kappa shape index (κ3) is 3.20. The highest BCUT2D eigenvalue weighted by atomic mass is 16.5. The van der Waals surface area contributed by atoms with E-state index in [0.717, 1.165) is 32.8 Å². The average Bonchev–Trinajstić information content (AvgIpc) is 2.50. The Labute approximate surface area is 86.3 Å². The van der Waals surface area contributed by atoms with E-state index >= 15 is 0 Å². The van der Waals surface area contributed by atoms with Gasteiger partial charge in [0.1, 0.15) is 0 Å². The maximum atomic E-state index is 5.64. The highest BCUT2D eigenvalue weighted by Gasteiger charge is 2.33. The van der Waals surface area contributed by atoms with Crippen LogP contribution in [0, 0.1) is 0 Å². The second-order valence-electron chi connectivity index (χ2n) is 3.54. The second-order valence-corrected chi connectivity index (χ2v) is 3.54. The molecule has 1 heterocycles. The predicted octanol–water partition coefficient (Wildman–Crippen LogP) is 0.0709. The fraction of sp³-hybridized carbons (Fsp3) is 1.00. The van der Waals surface area contributed by atoms with Gasteiger partial charge in [0.2, 0.25) is 0 Å². The Morgan fingerprint density at radius 3 is 2.00 bits per heavy atom. The summed E-state index contributed by atoms with van der Waals surface area (Å²) in [6.07, 6.45) is 0.456. The van der Waals surface area contributed by atoms with Crippen molar-refractivity contribution < 1.29 is 9.47 Å². The van der Waals surface area contributed by atoms with Crippen molar-refractivity contribution in [2.24, 2.45) is 5.73 Å². The van der Waals surface area contributed by atoms with Gasteiger partial charge in [-0.2, -0.15) is 0 Å². The van der Waals surface area contributed by atoms with E-state index in [1.165, 1.54) is 0 Å². The number of rotatable bonds is 6. The molecule has 4 heteroatoms. The van der Waals surface area contributed by atoms with Gasteiger partial charge in [-0.25, -0.2) is 0 Å². The summed E-state index contributed by atoms with van der Waals surface area (Å²) in [7, 11) is 0. The first-order chi connectivity index (χ1) is 6.81. The van der Waals surface area contributed by atoms with E-state index in [2.05, 4.69) is 4.90 Å². The van der Waals surface area contributed by atoms with E-state index in [-0.39, 0.29) is 12.2 Å². The summed E-state index contributed by atoms with van der Waals surface area (Å²) < 4.78 is 11.3. The van der Waals surface area contributed by atoms with Gasteiger partial charge in [-0.3, -0.25) is 4.90 Å². The Balaban J connectivity index is 2.38. The molecule has 0 aromatic carbocycles. The van der Waals surface area contributed by atoms with Crippen LogP contribution in [0.25, 0.3) is 0 Å². The molecule has 84 valence electrons. The fourth-order valence-electron chi connectivity index (χ4n) is 1.93. The summed E-state index contributed by atoms with van der Waals surface area (Å²) in [5, 5.41) is 0. The minimum Gasteiger partial charge on any atom is -0.374 e. The Bertz CT molecular complexity index is 141. The van der Waals surface area contributed by atoms with Crippen molar-refractivity contribution in [1.82, 2.24) is 4.90 Å². The zero-order chi connectivity index (χ0) is 10.4. The third-order valence-corrected chi connectivity index (χ3v) is 2.50. The molecule has 0 saturated carbocycles. The van der Waals surface area contributed by atoms with Crippen LogP contribution in [0.3, 0.4) is 0 Å². The monoisotopic (exact) mass is 202 g/mol. The molecule has 0 amide bonds. The Morgan fingerprint density at radius 2 is 1.64 bits per heavy atom. The Morgan fingerprint density at radius 1 is 1.14 bits per heavy atom. The molecule has 2 N–H and O–H groups in total. The van der Waals surface area contributed by atoms with Crippen molar-refractivity contribution in [2.75, 3.05) is 39.4 Å². The lowest BCUT2D eigenvalue weighted by Crippen LogP contribution is -2.29. The number of nitrogens with zero attached hydrogens (tertiary/aromatic N) is 1. The molecular formula is C10H22N2O2. The number of ether oxygens (including phenoxy) is 2. The van der Waals surface area contributed by atoms with Crippen molar-refractivity contribution in [3.63, 3.8) is 0 Å². The van der Waals surface area contributed by atoms with Gasteiger partial charge in [0.05, 0.1) is 12.2 Å². The molecule has 4 nitrogen and oxygen atoms in total. The van der Waals surface area contributed by atoms with Gasteiger partial charge < -0.3 is 15.2 Å². The van der Waals surface area contributed by atoms with Crippen LogP contribution in [-0.2, 0) is 9.47 Å². The zero-order valence-electron chi connectivity index (χ0n) is 9.24. The molecule has 14 heavy (non-hydrogen) atoms. The number of hydrogen-bond donors (Lipinski definition) is 1. The fourth-order valence-corrected chi connectivity index (χ4v) is 1.93. The van der Waals surface area contributed by atoms with Gasteiger partial charge in [-0.05, 0) is 13.8 Å². The van der Waals surface area contributed by atoms with E-state index in [9.17, 15) is 0 Å². The first kappa shape index (κ1) is 11.9. The first-order valence-electron chi connectivity index (χ1n) is 5.47. The van der Waals surface area contributed by atoms with Crippen LogP contribution in [-0.4, -0.2) is 56.5 Å². The third-order valence-electron chi connectivity index (χ3n) is 2.50. The van der Waals surface area contributed by atoms with E-state index < -0.39 is 0 Å². The first-order valence-corrected chi connectivity index (χ1v) is 5.47. The van der Waals surface area contributed by atoms with E-state index in [1.807, 2.05) is 13.8 Å². The lowest BCUT2D eigenvalue weighted by atomic mass is 10.2. The Kier molecular flexibility index (Phi) is 5.40. The molecular weight excluding hydrogens is 180 g/mol. The van der Waals surface area contributed by atoms with E-state index in [0.29, 0.717) is 6.54 Å². The minimum absolute atomic E-state index is 0.228. The minimum atomic E-state index is 0.228. The number of likely N-dealkylation sites (tertiary alicyclic amines) is 1. The molecule has 0 aromatic heterocycles. The van der Waals surface area contributed by atoms with Gasteiger partial charge in [-0.1, -0.05) is 0 Å². The summed E-state index contributed by atoms with van der Waals surface area (Å²) in [6.45, 7) is 9.11. The quantitative estimate of drug-likeness (QED) is 0.662. The average molecular weight is 202 g/mol. The van der Waals surface area contributed by atoms with Crippen LogP contribution in [0.4, 0.5) is 0 Å². The standard InChI is InChI=1S/C10H22N2O2/c1-3-13-9-7-12(6-5-11)8-10(9)14-4-2/h9-10H,3-8,11H2,1-2H3/t9-,10-/m1/s1. The molecule has 1 rings (SSSR count). The maximum Gasteiger partial charge on any atom is 0.0975 e.